The largest absolute Gasteiger partial charge is 0.379 e. The van der Waals surface area contributed by atoms with E-state index in [4.69, 9.17) is 21.7 Å². The summed E-state index contributed by atoms with van der Waals surface area (Å²) in [6, 6.07) is 8.52. The number of ether oxygens (including phenoxy) is 2. The van der Waals surface area contributed by atoms with Gasteiger partial charge in [-0.2, -0.15) is 0 Å². The van der Waals surface area contributed by atoms with E-state index in [0.29, 0.717) is 33.0 Å². The zero-order valence-electron chi connectivity index (χ0n) is 15.7. The Morgan fingerprint density at radius 3 is 2.36 bits per heavy atom. The first-order chi connectivity index (χ1) is 12.0. The van der Waals surface area contributed by atoms with Crippen molar-refractivity contribution >= 4 is 23.0 Å². The number of nitrogens with one attached hydrogen (secondary N) is 1. The third-order valence-electron chi connectivity index (χ3n) is 3.71. The summed E-state index contributed by atoms with van der Waals surface area (Å²) >= 11 is 5.44. The normalized spacial score (nSPS) is 10.9. The van der Waals surface area contributed by atoms with Gasteiger partial charge in [0, 0.05) is 25.5 Å². The highest BCUT2D eigenvalue weighted by atomic mass is 32.1. The molecule has 0 radical (unpaired) electrons. The number of amides is 1. The van der Waals surface area contributed by atoms with Gasteiger partial charge < -0.3 is 14.8 Å². The Hall–Kier alpha value is -1.30. The summed E-state index contributed by atoms with van der Waals surface area (Å²) in [6.07, 6.45) is 2.71. The summed E-state index contributed by atoms with van der Waals surface area (Å²) in [7, 11) is 0. The van der Waals surface area contributed by atoms with Crippen molar-refractivity contribution < 1.29 is 14.3 Å². The maximum absolute atomic E-state index is 11.3. The molecule has 0 fully saturated rings. The molecule has 0 heterocycles. The monoisotopic (exact) mass is 365 g/mol. The van der Waals surface area contributed by atoms with Crippen LogP contribution in [-0.4, -0.2) is 43.7 Å². The molecular formula is C20H31NO3S. The average Bonchev–Trinajstić information content (AvgIpc) is 2.58. The number of thiocarbonyl (C=S) groups is 1. The van der Waals surface area contributed by atoms with Crippen LogP contribution in [0.3, 0.4) is 0 Å². The van der Waals surface area contributed by atoms with Crippen LogP contribution in [0, 0.1) is 12.8 Å². The highest BCUT2D eigenvalue weighted by Gasteiger charge is 2.04. The van der Waals surface area contributed by atoms with Gasteiger partial charge in [-0.25, -0.2) is 0 Å². The van der Waals surface area contributed by atoms with Crippen LogP contribution in [0.15, 0.2) is 24.3 Å². The molecule has 1 amide bonds. The van der Waals surface area contributed by atoms with Gasteiger partial charge in [0.15, 0.2) is 0 Å². The Bertz CT molecular complexity index is 514. The van der Waals surface area contributed by atoms with Gasteiger partial charge in [-0.05, 0) is 30.2 Å². The Labute approximate surface area is 157 Å². The zero-order chi connectivity index (χ0) is 18.5. The lowest BCUT2D eigenvalue weighted by Crippen LogP contribution is -2.31. The van der Waals surface area contributed by atoms with Crippen molar-refractivity contribution in [3.05, 3.63) is 35.4 Å². The Morgan fingerprint density at radius 1 is 1.08 bits per heavy atom. The summed E-state index contributed by atoms with van der Waals surface area (Å²) in [4.78, 5) is 12.4. The fraction of sp³-hybridized carbons (Fsp3) is 0.600. The van der Waals surface area contributed by atoms with E-state index >= 15 is 0 Å². The van der Waals surface area contributed by atoms with Crippen molar-refractivity contribution in [2.75, 3.05) is 33.0 Å². The predicted molar refractivity (Wildman–Crippen MR) is 106 cm³/mol. The zero-order valence-corrected chi connectivity index (χ0v) is 16.5. The van der Waals surface area contributed by atoms with Crippen LogP contribution in [0.4, 0.5) is 0 Å². The molecule has 0 aromatic heterocycles. The second-order valence-electron chi connectivity index (χ2n) is 6.48. The third kappa shape index (κ3) is 11.0. The number of hydrogen-bond acceptors (Lipinski definition) is 4. The van der Waals surface area contributed by atoms with Crippen molar-refractivity contribution in [2.24, 2.45) is 5.92 Å². The molecule has 0 saturated heterocycles. The molecule has 0 aliphatic carbocycles. The number of carbonyl (C=O) groups excluding carboxylic acids is 1. The lowest BCUT2D eigenvalue weighted by atomic mass is 10.1. The van der Waals surface area contributed by atoms with Gasteiger partial charge in [-0.15, -0.1) is 0 Å². The van der Waals surface area contributed by atoms with Crippen molar-refractivity contribution in [2.45, 2.75) is 40.0 Å². The van der Waals surface area contributed by atoms with E-state index in [1.54, 1.807) is 0 Å². The quantitative estimate of drug-likeness (QED) is 0.429. The molecule has 0 atom stereocenters. The van der Waals surface area contributed by atoms with E-state index in [9.17, 15) is 4.79 Å². The molecule has 25 heavy (non-hydrogen) atoms. The van der Waals surface area contributed by atoms with Crippen LogP contribution in [-0.2, 0) is 20.7 Å². The van der Waals surface area contributed by atoms with Gasteiger partial charge in [0.05, 0.1) is 19.8 Å². The van der Waals surface area contributed by atoms with Gasteiger partial charge in [0.1, 0.15) is 0 Å². The minimum Gasteiger partial charge on any atom is -0.379 e. The molecule has 0 bridgehead atoms. The van der Waals surface area contributed by atoms with E-state index in [-0.39, 0.29) is 11.8 Å². The number of hydrogen-bond donors (Lipinski definition) is 1. The number of carbonyl (C=O) groups is 1. The molecule has 1 aromatic rings. The molecule has 0 aliphatic heterocycles. The minimum absolute atomic E-state index is 0.0143. The maximum Gasteiger partial charge on any atom is 0.222 e. The summed E-state index contributed by atoms with van der Waals surface area (Å²) in [5, 5.41) is 2.81. The van der Waals surface area contributed by atoms with Crippen LogP contribution >= 0.6 is 12.2 Å². The van der Waals surface area contributed by atoms with Crippen LogP contribution in [0.1, 0.15) is 37.8 Å². The summed E-state index contributed by atoms with van der Waals surface area (Å²) in [5.74, 6) is 0.0712. The number of benzene rings is 1. The molecule has 1 rings (SSSR count). The summed E-state index contributed by atoms with van der Waals surface area (Å²) < 4.78 is 11.0. The minimum atomic E-state index is 0.0143. The molecule has 0 unspecified atom stereocenters. The average molecular weight is 366 g/mol. The van der Waals surface area contributed by atoms with E-state index in [1.807, 2.05) is 13.8 Å². The smallest absolute Gasteiger partial charge is 0.222 e. The molecule has 0 saturated carbocycles. The van der Waals surface area contributed by atoms with Gasteiger partial charge in [-0.3, -0.25) is 4.79 Å². The van der Waals surface area contributed by atoms with Gasteiger partial charge in [-0.1, -0.05) is 55.9 Å². The SMILES string of the molecule is Cc1ccc(CC(=S)CCCOCCOCCNC(=O)C(C)C)cc1. The molecule has 1 N–H and O–H groups in total. The van der Waals surface area contributed by atoms with Crippen LogP contribution < -0.4 is 5.32 Å². The standard InChI is InChI=1S/C20H31NO3S/c1-16(2)20(22)21-10-12-24-14-13-23-11-4-5-19(25)15-18-8-6-17(3)7-9-18/h6-9,16H,4-5,10-15H2,1-3H3,(H,21,22). The molecule has 0 aliphatic rings. The molecule has 0 spiro atoms. The molecule has 5 heteroatoms. The fourth-order valence-corrected chi connectivity index (χ4v) is 2.48. The lowest BCUT2D eigenvalue weighted by molar-refractivity contribution is -0.124. The van der Waals surface area contributed by atoms with Crippen LogP contribution in [0.5, 0.6) is 0 Å². The lowest BCUT2D eigenvalue weighted by Gasteiger charge is -2.09. The van der Waals surface area contributed by atoms with E-state index in [1.165, 1.54) is 11.1 Å². The van der Waals surface area contributed by atoms with Gasteiger partial charge in [0.2, 0.25) is 5.91 Å². The van der Waals surface area contributed by atoms with Crippen LogP contribution in [0.2, 0.25) is 0 Å². The first kappa shape index (κ1) is 21.7. The van der Waals surface area contributed by atoms with E-state index < -0.39 is 0 Å². The molecule has 1 aromatic carbocycles. The highest BCUT2D eigenvalue weighted by molar-refractivity contribution is 7.80. The fourth-order valence-electron chi connectivity index (χ4n) is 2.17. The van der Waals surface area contributed by atoms with E-state index in [0.717, 1.165) is 24.1 Å². The molecular weight excluding hydrogens is 334 g/mol. The summed E-state index contributed by atoms with van der Waals surface area (Å²) in [6.45, 7) is 8.71. The highest BCUT2D eigenvalue weighted by Crippen LogP contribution is 2.07. The van der Waals surface area contributed by atoms with Crippen molar-refractivity contribution in [3.63, 3.8) is 0 Å². The topological polar surface area (TPSA) is 47.6 Å². The Balaban J connectivity index is 1.92. The van der Waals surface area contributed by atoms with Crippen LogP contribution in [0.25, 0.3) is 0 Å². The number of aryl methyl sites for hydroxylation is 1. The van der Waals surface area contributed by atoms with Crippen molar-refractivity contribution in [1.29, 1.82) is 0 Å². The maximum atomic E-state index is 11.3. The van der Waals surface area contributed by atoms with Gasteiger partial charge in [0.25, 0.3) is 0 Å². The summed E-state index contributed by atoms with van der Waals surface area (Å²) in [5.41, 5.74) is 2.54. The van der Waals surface area contributed by atoms with E-state index in [2.05, 4.69) is 36.5 Å². The van der Waals surface area contributed by atoms with Gasteiger partial charge >= 0.3 is 0 Å². The number of rotatable bonds is 13. The predicted octanol–water partition coefficient (Wildman–Crippen LogP) is 3.49. The second kappa shape index (κ2) is 13.0. The first-order valence-electron chi connectivity index (χ1n) is 8.99. The van der Waals surface area contributed by atoms with Crippen molar-refractivity contribution in [1.82, 2.24) is 5.32 Å². The van der Waals surface area contributed by atoms with Crippen molar-refractivity contribution in [3.8, 4) is 0 Å². The molecule has 4 nitrogen and oxygen atoms in total. The molecule has 140 valence electrons. The third-order valence-corrected chi connectivity index (χ3v) is 4.06. The Kier molecular flexibility index (Phi) is 11.3. The second-order valence-corrected chi connectivity index (χ2v) is 7.05. The Morgan fingerprint density at radius 2 is 1.72 bits per heavy atom. The first-order valence-corrected chi connectivity index (χ1v) is 9.40.